The van der Waals surface area contributed by atoms with E-state index in [9.17, 15) is 4.79 Å². The van der Waals surface area contributed by atoms with E-state index in [0.717, 1.165) is 15.6 Å². The molecule has 0 saturated heterocycles. The highest BCUT2D eigenvalue weighted by molar-refractivity contribution is 9.10. The van der Waals surface area contributed by atoms with Crippen LogP contribution in [0, 0.1) is 6.92 Å². The zero-order valence-electron chi connectivity index (χ0n) is 7.83. The number of rotatable bonds is 3. The van der Waals surface area contributed by atoms with E-state index in [-0.39, 0.29) is 6.42 Å². The first-order valence-electron chi connectivity index (χ1n) is 4.24. The standard InChI is InChI=1S/C11H11BrO2/c1-8-5-6-10(12)7-9(8)3-2-4-11(13)14/h2-3,5-7H,4H2,1H3,(H,13,14)/b3-2+. The zero-order valence-corrected chi connectivity index (χ0v) is 9.41. The number of hydrogen-bond acceptors (Lipinski definition) is 1. The molecule has 0 unspecified atom stereocenters. The molecule has 1 rings (SSSR count). The van der Waals surface area contributed by atoms with Crippen LogP contribution in [0.5, 0.6) is 0 Å². The molecule has 1 N–H and O–H groups in total. The van der Waals surface area contributed by atoms with E-state index in [4.69, 9.17) is 5.11 Å². The molecule has 74 valence electrons. The van der Waals surface area contributed by atoms with E-state index >= 15 is 0 Å². The van der Waals surface area contributed by atoms with Gasteiger partial charge in [-0.05, 0) is 30.2 Å². The van der Waals surface area contributed by atoms with E-state index in [2.05, 4.69) is 15.9 Å². The highest BCUT2D eigenvalue weighted by Crippen LogP contribution is 2.17. The third-order valence-corrected chi connectivity index (χ3v) is 2.32. The third-order valence-electron chi connectivity index (χ3n) is 1.83. The van der Waals surface area contributed by atoms with E-state index in [1.165, 1.54) is 0 Å². The summed E-state index contributed by atoms with van der Waals surface area (Å²) in [5, 5.41) is 8.45. The van der Waals surface area contributed by atoms with Crippen LogP contribution in [-0.4, -0.2) is 11.1 Å². The van der Waals surface area contributed by atoms with Crippen molar-refractivity contribution in [1.82, 2.24) is 0 Å². The van der Waals surface area contributed by atoms with Crippen LogP contribution in [0.3, 0.4) is 0 Å². The summed E-state index contributed by atoms with van der Waals surface area (Å²) in [7, 11) is 0. The van der Waals surface area contributed by atoms with E-state index in [1.54, 1.807) is 6.08 Å². The second-order valence-electron chi connectivity index (χ2n) is 3.00. The van der Waals surface area contributed by atoms with E-state index in [1.807, 2.05) is 31.2 Å². The Labute approximate surface area is 91.4 Å². The summed E-state index contributed by atoms with van der Waals surface area (Å²) >= 11 is 3.37. The fourth-order valence-corrected chi connectivity index (χ4v) is 1.46. The van der Waals surface area contributed by atoms with Crippen molar-refractivity contribution in [2.24, 2.45) is 0 Å². The summed E-state index contributed by atoms with van der Waals surface area (Å²) < 4.78 is 0.998. The van der Waals surface area contributed by atoms with Crippen molar-refractivity contribution in [1.29, 1.82) is 0 Å². The molecule has 0 saturated carbocycles. The summed E-state index contributed by atoms with van der Waals surface area (Å²) in [5.74, 6) is -0.811. The van der Waals surface area contributed by atoms with Crippen LogP contribution in [0.15, 0.2) is 28.7 Å². The van der Waals surface area contributed by atoms with Gasteiger partial charge in [-0.3, -0.25) is 4.79 Å². The first kappa shape index (κ1) is 11.0. The van der Waals surface area contributed by atoms with Crippen molar-refractivity contribution in [2.45, 2.75) is 13.3 Å². The van der Waals surface area contributed by atoms with Gasteiger partial charge < -0.3 is 5.11 Å². The molecule has 3 heteroatoms. The van der Waals surface area contributed by atoms with Crippen molar-refractivity contribution >= 4 is 28.0 Å². The minimum absolute atomic E-state index is 0.0615. The van der Waals surface area contributed by atoms with Gasteiger partial charge in [-0.1, -0.05) is 34.1 Å². The molecule has 14 heavy (non-hydrogen) atoms. The van der Waals surface area contributed by atoms with Crippen LogP contribution >= 0.6 is 15.9 Å². The van der Waals surface area contributed by atoms with Gasteiger partial charge in [0.05, 0.1) is 6.42 Å². The molecule has 0 atom stereocenters. The number of hydrogen-bond donors (Lipinski definition) is 1. The fraction of sp³-hybridized carbons (Fsp3) is 0.182. The Hall–Kier alpha value is -1.09. The quantitative estimate of drug-likeness (QED) is 0.900. The molecule has 1 aromatic rings. The number of aliphatic carboxylic acids is 1. The number of carboxylic acids is 1. The molecule has 0 aliphatic heterocycles. The number of carbonyl (C=O) groups is 1. The lowest BCUT2D eigenvalue weighted by atomic mass is 10.1. The van der Waals surface area contributed by atoms with Crippen LogP contribution in [0.2, 0.25) is 0 Å². The summed E-state index contributed by atoms with van der Waals surface area (Å²) in [6.45, 7) is 1.99. The Balaban J connectivity index is 2.80. The molecule has 0 fully saturated rings. The smallest absolute Gasteiger partial charge is 0.307 e. The lowest BCUT2D eigenvalue weighted by molar-refractivity contribution is -0.135. The molecule has 0 amide bonds. The van der Waals surface area contributed by atoms with Crippen molar-refractivity contribution in [3.05, 3.63) is 39.9 Å². The average Bonchev–Trinajstić information content (AvgIpc) is 2.10. The predicted molar refractivity (Wildman–Crippen MR) is 60.2 cm³/mol. The lowest BCUT2D eigenvalue weighted by Crippen LogP contribution is -1.89. The number of halogens is 1. The van der Waals surface area contributed by atoms with Gasteiger partial charge in [-0.2, -0.15) is 0 Å². The summed E-state index contributed by atoms with van der Waals surface area (Å²) in [6.07, 6.45) is 3.54. The Morgan fingerprint density at radius 2 is 2.29 bits per heavy atom. The van der Waals surface area contributed by atoms with Gasteiger partial charge in [0.25, 0.3) is 0 Å². The summed E-state index contributed by atoms with van der Waals surface area (Å²) in [6, 6.07) is 5.92. The monoisotopic (exact) mass is 254 g/mol. The van der Waals surface area contributed by atoms with Crippen molar-refractivity contribution in [2.75, 3.05) is 0 Å². The van der Waals surface area contributed by atoms with E-state index < -0.39 is 5.97 Å². The van der Waals surface area contributed by atoms with Crippen LogP contribution in [0.25, 0.3) is 6.08 Å². The van der Waals surface area contributed by atoms with Gasteiger partial charge in [0.2, 0.25) is 0 Å². The van der Waals surface area contributed by atoms with E-state index in [0.29, 0.717) is 0 Å². The SMILES string of the molecule is Cc1ccc(Br)cc1/C=C/CC(=O)O. The molecule has 0 spiro atoms. The van der Waals surface area contributed by atoms with Crippen molar-refractivity contribution in [3.8, 4) is 0 Å². The molecule has 0 heterocycles. The number of benzene rings is 1. The fourth-order valence-electron chi connectivity index (χ4n) is 1.08. The maximum Gasteiger partial charge on any atom is 0.307 e. The molecule has 0 radical (unpaired) electrons. The van der Waals surface area contributed by atoms with Crippen molar-refractivity contribution in [3.63, 3.8) is 0 Å². The van der Waals surface area contributed by atoms with Gasteiger partial charge in [0.15, 0.2) is 0 Å². The highest BCUT2D eigenvalue weighted by atomic mass is 79.9. The maximum atomic E-state index is 10.3. The second-order valence-corrected chi connectivity index (χ2v) is 3.92. The first-order chi connectivity index (χ1) is 6.59. The Morgan fingerprint density at radius 1 is 1.57 bits per heavy atom. The molecule has 1 aromatic carbocycles. The van der Waals surface area contributed by atoms with Crippen LogP contribution < -0.4 is 0 Å². The van der Waals surface area contributed by atoms with Gasteiger partial charge in [0.1, 0.15) is 0 Å². The second kappa shape index (κ2) is 4.96. The lowest BCUT2D eigenvalue weighted by Gasteiger charge is -2.00. The molecule has 0 aliphatic carbocycles. The molecule has 2 nitrogen and oxygen atoms in total. The normalized spacial score (nSPS) is 10.7. The average molecular weight is 255 g/mol. The molecular formula is C11H11BrO2. The van der Waals surface area contributed by atoms with Crippen LogP contribution in [0.1, 0.15) is 17.5 Å². The third kappa shape index (κ3) is 3.34. The van der Waals surface area contributed by atoms with Crippen LogP contribution in [0.4, 0.5) is 0 Å². The topological polar surface area (TPSA) is 37.3 Å². The summed E-state index contributed by atoms with van der Waals surface area (Å²) in [5.41, 5.74) is 2.18. The Morgan fingerprint density at radius 3 is 2.93 bits per heavy atom. The minimum Gasteiger partial charge on any atom is -0.481 e. The molecule has 0 aliphatic rings. The number of carboxylic acid groups (broad SMARTS) is 1. The van der Waals surface area contributed by atoms with Gasteiger partial charge >= 0.3 is 5.97 Å². The molecule has 0 aromatic heterocycles. The predicted octanol–water partition coefficient (Wildman–Crippen LogP) is 3.25. The van der Waals surface area contributed by atoms with Gasteiger partial charge in [-0.15, -0.1) is 0 Å². The largest absolute Gasteiger partial charge is 0.481 e. The number of aryl methyl sites for hydroxylation is 1. The van der Waals surface area contributed by atoms with Crippen LogP contribution in [-0.2, 0) is 4.79 Å². The zero-order chi connectivity index (χ0) is 10.6. The first-order valence-corrected chi connectivity index (χ1v) is 5.03. The molecule has 0 bridgehead atoms. The summed E-state index contributed by atoms with van der Waals surface area (Å²) in [4.78, 5) is 10.3. The molecular weight excluding hydrogens is 244 g/mol. The van der Waals surface area contributed by atoms with Gasteiger partial charge in [-0.25, -0.2) is 0 Å². The Kier molecular flexibility index (Phi) is 3.89. The Bertz CT molecular complexity index is 370. The van der Waals surface area contributed by atoms with Crippen molar-refractivity contribution < 1.29 is 9.90 Å². The van der Waals surface area contributed by atoms with Gasteiger partial charge in [0, 0.05) is 4.47 Å². The highest BCUT2D eigenvalue weighted by Gasteiger charge is 1.95. The maximum absolute atomic E-state index is 10.3. The minimum atomic E-state index is -0.811.